The molecule has 1 aromatic rings. The van der Waals surface area contributed by atoms with Crippen LogP contribution in [0.3, 0.4) is 0 Å². The molecular formula is C15H23NO2. The monoisotopic (exact) mass is 249 g/mol. The van der Waals surface area contributed by atoms with Crippen LogP contribution in [0.25, 0.3) is 0 Å². The summed E-state index contributed by atoms with van der Waals surface area (Å²) in [5.74, 6) is 1.05. The van der Waals surface area contributed by atoms with Gasteiger partial charge in [-0.2, -0.15) is 0 Å². The summed E-state index contributed by atoms with van der Waals surface area (Å²) in [7, 11) is 1.63. The molecule has 0 spiro atoms. The Balaban J connectivity index is 2.40. The maximum Gasteiger partial charge on any atom is 0.138 e. The van der Waals surface area contributed by atoms with Crippen molar-refractivity contribution in [3.05, 3.63) is 29.8 Å². The Morgan fingerprint density at radius 1 is 1.33 bits per heavy atom. The van der Waals surface area contributed by atoms with Gasteiger partial charge in [0.1, 0.15) is 11.5 Å². The van der Waals surface area contributed by atoms with Crippen LogP contribution in [0.4, 0.5) is 0 Å². The molecule has 3 nitrogen and oxygen atoms in total. The zero-order valence-electron chi connectivity index (χ0n) is 11.7. The fourth-order valence-corrected chi connectivity index (χ4v) is 1.68. The van der Waals surface area contributed by atoms with Gasteiger partial charge in [0.2, 0.25) is 0 Å². The quantitative estimate of drug-likeness (QED) is 0.842. The van der Waals surface area contributed by atoms with Gasteiger partial charge in [-0.15, -0.1) is 0 Å². The standard InChI is InChI=1S/C15H23NO2/c1-15(2,3)16-9-8-13(17)10-12-6-5-7-14(11-12)18-4/h5-7,11,16H,8-10H2,1-4H3. The van der Waals surface area contributed by atoms with Gasteiger partial charge in [0, 0.05) is 24.9 Å². The van der Waals surface area contributed by atoms with E-state index in [4.69, 9.17) is 4.74 Å². The number of ketones is 1. The fourth-order valence-electron chi connectivity index (χ4n) is 1.68. The normalized spacial score (nSPS) is 11.3. The first-order valence-electron chi connectivity index (χ1n) is 6.30. The maximum atomic E-state index is 11.8. The lowest BCUT2D eigenvalue weighted by molar-refractivity contribution is -0.118. The molecule has 1 aromatic carbocycles. The summed E-state index contributed by atoms with van der Waals surface area (Å²) in [5.41, 5.74) is 1.08. The van der Waals surface area contributed by atoms with Crippen LogP contribution in [0, 0.1) is 0 Å². The van der Waals surface area contributed by atoms with E-state index in [0.717, 1.165) is 17.9 Å². The zero-order valence-corrected chi connectivity index (χ0v) is 11.7. The zero-order chi connectivity index (χ0) is 13.6. The van der Waals surface area contributed by atoms with Crippen LogP contribution in [0.5, 0.6) is 5.75 Å². The Morgan fingerprint density at radius 3 is 2.67 bits per heavy atom. The molecule has 0 unspecified atom stereocenters. The van der Waals surface area contributed by atoms with Crippen LogP contribution in [-0.2, 0) is 11.2 Å². The summed E-state index contributed by atoms with van der Waals surface area (Å²) in [6.07, 6.45) is 1.04. The molecule has 0 atom stereocenters. The van der Waals surface area contributed by atoms with E-state index < -0.39 is 0 Å². The third-order valence-corrected chi connectivity index (χ3v) is 2.59. The van der Waals surface area contributed by atoms with Gasteiger partial charge in [0.05, 0.1) is 7.11 Å². The van der Waals surface area contributed by atoms with Gasteiger partial charge in [0.25, 0.3) is 0 Å². The van der Waals surface area contributed by atoms with Crippen molar-refractivity contribution < 1.29 is 9.53 Å². The molecule has 0 heterocycles. The van der Waals surface area contributed by atoms with Crippen molar-refractivity contribution in [2.75, 3.05) is 13.7 Å². The van der Waals surface area contributed by atoms with Gasteiger partial charge in [-0.05, 0) is 38.5 Å². The van der Waals surface area contributed by atoms with E-state index >= 15 is 0 Å². The number of nitrogens with one attached hydrogen (secondary N) is 1. The van der Waals surface area contributed by atoms with E-state index in [2.05, 4.69) is 26.1 Å². The summed E-state index contributed by atoms with van der Waals surface area (Å²) in [6, 6.07) is 7.66. The number of carbonyl (C=O) groups is 1. The van der Waals surface area contributed by atoms with Crippen LogP contribution in [-0.4, -0.2) is 25.0 Å². The second kappa shape index (κ2) is 6.55. The molecule has 0 amide bonds. The Bertz CT molecular complexity index is 394. The number of methoxy groups -OCH3 is 1. The van der Waals surface area contributed by atoms with Crippen molar-refractivity contribution in [1.82, 2.24) is 5.32 Å². The summed E-state index contributed by atoms with van der Waals surface area (Å²) >= 11 is 0. The van der Waals surface area contributed by atoms with Crippen molar-refractivity contribution in [2.24, 2.45) is 0 Å². The van der Waals surface area contributed by atoms with Crippen LogP contribution in [0.2, 0.25) is 0 Å². The highest BCUT2D eigenvalue weighted by atomic mass is 16.5. The molecule has 0 aromatic heterocycles. The van der Waals surface area contributed by atoms with E-state index in [1.54, 1.807) is 7.11 Å². The van der Waals surface area contributed by atoms with Crippen molar-refractivity contribution in [3.8, 4) is 5.75 Å². The highest BCUT2D eigenvalue weighted by Gasteiger charge is 2.10. The Morgan fingerprint density at radius 2 is 2.06 bits per heavy atom. The van der Waals surface area contributed by atoms with E-state index in [-0.39, 0.29) is 11.3 Å². The van der Waals surface area contributed by atoms with Crippen LogP contribution < -0.4 is 10.1 Å². The number of hydrogen-bond donors (Lipinski definition) is 1. The van der Waals surface area contributed by atoms with Crippen molar-refractivity contribution >= 4 is 5.78 Å². The minimum atomic E-state index is 0.0657. The Labute approximate surface area is 110 Å². The van der Waals surface area contributed by atoms with Gasteiger partial charge in [-0.1, -0.05) is 12.1 Å². The maximum absolute atomic E-state index is 11.8. The highest BCUT2D eigenvalue weighted by molar-refractivity contribution is 5.81. The molecule has 0 radical (unpaired) electrons. The molecule has 1 N–H and O–H groups in total. The average Bonchev–Trinajstić information content (AvgIpc) is 2.27. The molecule has 18 heavy (non-hydrogen) atoms. The molecule has 100 valence electrons. The molecule has 3 heteroatoms. The smallest absolute Gasteiger partial charge is 0.138 e. The molecule has 0 saturated heterocycles. The number of ether oxygens (including phenoxy) is 1. The van der Waals surface area contributed by atoms with Gasteiger partial charge in [-0.3, -0.25) is 4.79 Å². The lowest BCUT2D eigenvalue weighted by Gasteiger charge is -2.20. The lowest BCUT2D eigenvalue weighted by atomic mass is 10.1. The minimum Gasteiger partial charge on any atom is -0.497 e. The van der Waals surface area contributed by atoms with E-state index in [0.29, 0.717) is 12.8 Å². The SMILES string of the molecule is COc1cccc(CC(=O)CCNC(C)(C)C)c1. The summed E-state index contributed by atoms with van der Waals surface area (Å²) in [5, 5.41) is 3.32. The second-order valence-electron chi connectivity index (χ2n) is 5.49. The van der Waals surface area contributed by atoms with Crippen molar-refractivity contribution in [3.63, 3.8) is 0 Å². The highest BCUT2D eigenvalue weighted by Crippen LogP contribution is 2.13. The largest absolute Gasteiger partial charge is 0.497 e. The van der Waals surface area contributed by atoms with Crippen LogP contribution in [0.15, 0.2) is 24.3 Å². The number of hydrogen-bond acceptors (Lipinski definition) is 3. The van der Waals surface area contributed by atoms with Crippen molar-refractivity contribution in [1.29, 1.82) is 0 Å². The number of Topliss-reactive ketones (excluding diaryl/α,β-unsaturated/α-hetero) is 1. The topological polar surface area (TPSA) is 38.3 Å². The predicted molar refractivity (Wildman–Crippen MR) is 74.1 cm³/mol. The van der Waals surface area contributed by atoms with Gasteiger partial charge in [0.15, 0.2) is 0 Å². The second-order valence-corrected chi connectivity index (χ2v) is 5.49. The number of benzene rings is 1. The predicted octanol–water partition coefficient (Wildman–Crippen LogP) is 2.59. The lowest BCUT2D eigenvalue weighted by Crippen LogP contribution is -2.37. The van der Waals surface area contributed by atoms with Gasteiger partial charge in [-0.25, -0.2) is 0 Å². The first-order valence-corrected chi connectivity index (χ1v) is 6.30. The third kappa shape index (κ3) is 5.82. The third-order valence-electron chi connectivity index (χ3n) is 2.59. The summed E-state index contributed by atoms with van der Waals surface area (Å²) < 4.78 is 5.14. The first-order chi connectivity index (χ1) is 8.40. The van der Waals surface area contributed by atoms with Gasteiger partial charge >= 0.3 is 0 Å². The Kier molecular flexibility index (Phi) is 5.35. The fraction of sp³-hybridized carbons (Fsp3) is 0.533. The van der Waals surface area contributed by atoms with Gasteiger partial charge < -0.3 is 10.1 Å². The molecule has 1 rings (SSSR count). The molecule has 0 aliphatic rings. The number of rotatable bonds is 6. The molecular weight excluding hydrogens is 226 g/mol. The van der Waals surface area contributed by atoms with E-state index in [9.17, 15) is 4.79 Å². The Hall–Kier alpha value is -1.35. The number of carbonyl (C=O) groups excluding carboxylic acids is 1. The summed E-state index contributed by atoms with van der Waals surface area (Å²) in [6.45, 7) is 7.02. The first kappa shape index (κ1) is 14.7. The molecule has 0 aliphatic heterocycles. The summed E-state index contributed by atoms with van der Waals surface area (Å²) in [4.78, 5) is 11.8. The minimum absolute atomic E-state index is 0.0657. The van der Waals surface area contributed by atoms with Crippen LogP contribution in [0.1, 0.15) is 32.8 Å². The van der Waals surface area contributed by atoms with E-state index in [1.165, 1.54) is 0 Å². The van der Waals surface area contributed by atoms with Crippen molar-refractivity contribution in [2.45, 2.75) is 39.2 Å². The molecule has 0 aliphatic carbocycles. The average molecular weight is 249 g/mol. The van der Waals surface area contributed by atoms with Crippen LogP contribution >= 0.6 is 0 Å². The molecule has 0 fully saturated rings. The van der Waals surface area contributed by atoms with E-state index in [1.807, 2.05) is 24.3 Å². The molecule has 0 bridgehead atoms. The molecule has 0 saturated carbocycles.